The molecular formula is C11H16BrNO. The van der Waals surface area contributed by atoms with Crippen LogP contribution in [0.3, 0.4) is 0 Å². The number of rotatable bonds is 4. The SMILES string of the molecule is CCOc1c(Br)cccc1CC(C)N. The van der Waals surface area contributed by atoms with Crippen molar-refractivity contribution in [3.8, 4) is 5.75 Å². The lowest BCUT2D eigenvalue weighted by Crippen LogP contribution is -2.18. The Bertz CT molecular complexity index is 299. The lowest BCUT2D eigenvalue weighted by Gasteiger charge is -2.13. The fourth-order valence-electron chi connectivity index (χ4n) is 1.37. The van der Waals surface area contributed by atoms with Gasteiger partial charge in [-0.25, -0.2) is 0 Å². The average Bonchev–Trinajstić information content (AvgIpc) is 2.10. The highest BCUT2D eigenvalue weighted by atomic mass is 79.9. The maximum absolute atomic E-state index is 5.77. The molecule has 1 rings (SSSR count). The predicted molar refractivity (Wildman–Crippen MR) is 62.7 cm³/mol. The maximum atomic E-state index is 5.77. The highest BCUT2D eigenvalue weighted by molar-refractivity contribution is 9.10. The van der Waals surface area contributed by atoms with Crippen molar-refractivity contribution in [1.29, 1.82) is 0 Å². The summed E-state index contributed by atoms with van der Waals surface area (Å²) in [5.41, 5.74) is 6.93. The highest BCUT2D eigenvalue weighted by Gasteiger charge is 2.08. The molecule has 0 aromatic heterocycles. The molecule has 1 atom stereocenters. The van der Waals surface area contributed by atoms with Crippen LogP contribution in [0.2, 0.25) is 0 Å². The number of hydrogen-bond acceptors (Lipinski definition) is 2. The first kappa shape index (κ1) is 11.5. The molecule has 0 bridgehead atoms. The van der Waals surface area contributed by atoms with E-state index in [1.807, 2.05) is 26.0 Å². The zero-order valence-electron chi connectivity index (χ0n) is 8.59. The molecule has 0 spiro atoms. The van der Waals surface area contributed by atoms with Gasteiger partial charge in [-0.2, -0.15) is 0 Å². The van der Waals surface area contributed by atoms with Crippen molar-refractivity contribution in [3.05, 3.63) is 28.2 Å². The number of halogens is 1. The Balaban J connectivity index is 2.95. The van der Waals surface area contributed by atoms with E-state index in [9.17, 15) is 0 Å². The fourth-order valence-corrected chi connectivity index (χ4v) is 1.89. The van der Waals surface area contributed by atoms with Crippen molar-refractivity contribution in [1.82, 2.24) is 0 Å². The van der Waals surface area contributed by atoms with Crippen LogP contribution in [0.4, 0.5) is 0 Å². The van der Waals surface area contributed by atoms with Gasteiger partial charge in [0.25, 0.3) is 0 Å². The second kappa shape index (κ2) is 5.37. The van der Waals surface area contributed by atoms with Crippen LogP contribution in [0.1, 0.15) is 19.4 Å². The van der Waals surface area contributed by atoms with Crippen LogP contribution >= 0.6 is 15.9 Å². The predicted octanol–water partition coefficient (Wildman–Crippen LogP) is 2.74. The van der Waals surface area contributed by atoms with Gasteiger partial charge < -0.3 is 10.5 Å². The minimum atomic E-state index is 0.156. The van der Waals surface area contributed by atoms with Gasteiger partial charge >= 0.3 is 0 Å². The van der Waals surface area contributed by atoms with Crippen molar-refractivity contribution in [3.63, 3.8) is 0 Å². The zero-order chi connectivity index (χ0) is 10.6. The van der Waals surface area contributed by atoms with E-state index in [0.29, 0.717) is 6.61 Å². The van der Waals surface area contributed by atoms with Crippen LogP contribution in [0.25, 0.3) is 0 Å². The summed E-state index contributed by atoms with van der Waals surface area (Å²) in [5.74, 6) is 0.923. The van der Waals surface area contributed by atoms with E-state index in [0.717, 1.165) is 22.2 Å². The Morgan fingerprint density at radius 1 is 1.50 bits per heavy atom. The van der Waals surface area contributed by atoms with Gasteiger partial charge in [-0.1, -0.05) is 12.1 Å². The molecule has 2 N–H and O–H groups in total. The van der Waals surface area contributed by atoms with Crippen LogP contribution in [0.15, 0.2) is 22.7 Å². The molecule has 0 aliphatic heterocycles. The van der Waals surface area contributed by atoms with Crippen LogP contribution in [0, 0.1) is 0 Å². The fraction of sp³-hybridized carbons (Fsp3) is 0.455. The van der Waals surface area contributed by atoms with Crippen LogP contribution in [0.5, 0.6) is 5.75 Å². The normalized spacial score (nSPS) is 12.6. The minimum absolute atomic E-state index is 0.156. The smallest absolute Gasteiger partial charge is 0.136 e. The molecule has 0 saturated carbocycles. The first-order valence-electron chi connectivity index (χ1n) is 4.81. The van der Waals surface area contributed by atoms with Crippen molar-refractivity contribution < 1.29 is 4.74 Å². The Morgan fingerprint density at radius 2 is 2.21 bits per heavy atom. The largest absolute Gasteiger partial charge is 0.492 e. The summed E-state index contributed by atoms with van der Waals surface area (Å²) in [6, 6.07) is 6.20. The molecule has 0 aliphatic rings. The monoisotopic (exact) mass is 257 g/mol. The molecule has 0 aliphatic carbocycles. The van der Waals surface area contributed by atoms with Crippen LogP contribution in [-0.2, 0) is 6.42 Å². The van der Waals surface area contributed by atoms with E-state index in [1.165, 1.54) is 0 Å². The van der Waals surface area contributed by atoms with Crippen molar-refractivity contribution in [2.45, 2.75) is 26.3 Å². The third kappa shape index (κ3) is 3.00. The zero-order valence-corrected chi connectivity index (χ0v) is 10.2. The van der Waals surface area contributed by atoms with E-state index in [-0.39, 0.29) is 6.04 Å². The van der Waals surface area contributed by atoms with E-state index in [1.54, 1.807) is 0 Å². The first-order chi connectivity index (χ1) is 6.65. The first-order valence-corrected chi connectivity index (χ1v) is 5.60. The molecule has 1 unspecified atom stereocenters. The molecule has 14 heavy (non-hydrogen) atoms. The number of hydrogen-bond donors (Lipinski definition) is 1. The van der Waals surface area contributed by atoms with E-state index in [4.69, 9.17) is 10.5 Å². The van der Waals surface area contributed by atoms with Crippen molar-refractivity contribution in [2.24, 2.45) is 5.73 Å². The number of para-hydroxylation sites is 1. The third-order valence-electron chi connectivity index (χ3n) is 1.88. The molecule has 3 heteroatoms. The van der Waals surface area contributed by atoms with E-state index >= 15 is 0 Å². The summed E-state index contributed by atoms with van der Waals surface area (Å²) in [4.78, 5) is 0. The highest BCUT2D eigenvalue weighted by Crippen LogP contribution is 2.29. The van der Waals surface area contributed by atoms with Gasteiger partial charge in [0, 0.05) is 6.04 Å². The molecular weight excluding hydrogens is 242 g/mol. The molecule has 2 nitrogen and oxygen atoms in total. The Hall–Kier alpha value is -0.540. The van der Waals surface area contributed by atoms with E-state index in [2.05, 4.69) is 22.0 Å². The van der Waals surface area contributed by atoms with E-state index < -0.39 is 0 Å². The number of nitrogens with two attached hydrogens (primary N) is 1. The summed E-state index contributed by atoms with van der Waals surface area (Å²) in [5, 5.41) is 0. The second-order valence-corrected chi connectivity index (χ2v) is 4.20. The standard InChI is InChI=1S/C11H16BrNO/c1-3-14-11-9(7-8(2)13)5-4-6-10(11)12/h4-6,8H,3,7,13H2,1-2H3. The maximum Gasteiger partial charge on any atom is 0.136 e. The van der Waals surface area contributed by atoms with Gasteiger partial charge in [-0.15, -0.1) is 0 Å². The Labute approximate surface area is 93.6 Å². The van der Waals surface area contributed by atoms with Gasteiger partial charge in [-0.05, 0) is 47.8 Å². The molecule has 0 saturated heterocycles. The quantitative estimate of drug-likeness (QED) is 0.901. The van der Waals surface area contributed by atoms with Gasteiger partial charge in [0.1, 0.15) is 5.75 Å². The molecule has 0 radical (unpaired) electrons. The topological polar surface area (TPSA) is 35.2 Å². The summed E-state index contributed by atoms with van der Waals surface area (Å²) in [6.45, 7) is 4.65. The summed E-state index contributed by atoms with van der Waals surface area (Å²) in [6.07, 6.45) is 0.842. The number of benzene rings is 1. The molecule has 0 fully saturated rings. The minimum Gasteiger partial charge on any atom is -0.492 e. The Kier molecular flexibility index (Phi) is 4.42. The van der Waals surface area contributed by atoms with Gasteiger partial charge in [-0.3, -0.25) is 0 Å². The molecule has 1 aromatic carbocycles. The lowest BCUT2D eigenvalue weighted by atomic mass is 10.1. The summed E-state index contributed by atoms with van der Waals surface area (Å²) >= 11 is 3.47. The van der Waals surface area contributed by atoms with Gasteiger partial charge in [0.15, 0.2) is 0 Å². The number of ether oxygens (including phenoxy) is 1. The molecule has 78 valence electrons. The van der Waals surface area contributed by atoms with Crippen molar-refractivity contribution in [2.75, 3.05) is 6.61 Å². The molecule has 1 aromatic rings. The molecule has 0 heterocycles. The lowest BCUT2D eigenvalue weighted by molar-refractivity contribution is 0.333. The Morgan fingerprint density at radius 3 is 2.79 bits per heavy atom. The average molecular weight is 258 g/mol. The third-order valence-corrected chi connectivity index (χ3v) is 2.50. The van der Waals surface area contributed by atoms with Crippen LogP contribution in [-0.4, -0.2) is 12.6 Å². The van der Waals surface area contributed by atoms with Crippen LogP contribution < -0.4 is 10.5 Å². The van der Waals surface area contributed by atoms with Gasteiger partial charge in [0.2, 0.25) is 0 Å². The van der Waals surface area contributed by atoms with Gasteiger partial charge in [0.05, 0.1) is 11.1 Å². The summed E-state index contributed by atoms with van der Waals surface area (Å²) in [7, 11) is 0. The molecule has 0 amide bonds. The summed E-state index contributed by atoms with van der Waals surface area (Å²) < 4.78 is 6.56. The van der Waals surface area contributed by atoms with Crippen molar-refractivity contribution >= 4 is 15.9 Å². The second-order valence-electron chi connectivity index (χ2n) is 3.34.